The van der Waals surface area contributed by atoms with Crippen LogP contribution < -0.4 is 21.3 Å². The molecular weight excluding hydrogens is 1060 g/mol. The number of carboxylic acid groups (broad SMARTS) is 1. The van der Waals surface area contributed by atoms with Crippen LogP contribution in [0.2, 0.25) is 0 Å². The molecule has 1 aliphatic carbocycles. The second kappa shape index (κ2) is 44.9. The highest BCUT2D eigenvalue weighted by Gasteiger charge is 2.30. The first-order chi connectivity index (χ1) is 39.8. The molecule has 3 aromatic rings. The van der Waals surface area contributed by atoms with Crippen LogP contribution in [0.25, 0.3) is 11.1 Å². The summed E-state index contributed by atoms with van der Waals surface area (Å²) < 4.78 is 70.9. The molecule has 5 N–H and O–H groups in total. The molecule has 0 saturated carbocycles. The number of fused-ring (bicyclic) bond motifs is 3. The molecule has 0 spiro atoms. The van der Waals surface area contributed by atoms with Crippen molar-refractivity contribution in [2.24, 2.45) is 0 Å². The first-order valence-corrected chi connectivity index (χ1v) is 27.8. The molecule has 0 aromatic heterocycles. The zero-order valence-electron chi connectivity index (χ0n) is 47.0. The second-order valence-electron chi connectivity index (χ2n) is 18.2. The van der Waals surface area contributed by atoms with E-state index in [1.165, 1.54) is 0 Å². The van der Waals surface area contributed by atoms with Crippen LogP contribution in [0.15, 0.2) is 78.9 Å². The summed E-state index contributed by atoms with van der Waals surface area (Å²) in [5.41, 5.74) is 4.92. The van der Waals surface area contributed by atoms with Gasteiger partial charge in [0.2, 0.25) is 17.7 Å². The number of amides is 4. The lowest BCUT2D eigenvalue weighted by atomic mass is 9.98. The number of ether oxygens (including phenoxy) is 13. The van der Waals surface area contributed by atoms with Crippen molar-refractivity contribution < 1.29 is 90.7 Å². The number of hydrogen-bond acceptors (Lipinski definition) is 18. The van der Waals surface area contributed by atoms with Gasteiger partial charge in [-0.25, -0.2) is 9.59 Å². The number of methoxy groups -OCH3 is 1. The Bertz CT molecular complexity index is 2110. The summed E-state index contributed by atoms with van der Waals surface area (Å²) in [6.07, 6.45) is 0.448. The Labute approximate surface area is 475 Å². The maximum Gasteiger partial charge on any atom is 0.407 e. The first-order valence-electron chi connectivity index (χ1n) is 27.8. The number of hydrogen-bond donors (Lipinski definition) is 5. The van der Waals surface area contributed by atoms with Crippen molar-refractivity contribution in [1.29, 1.82) is 0 Å². The number of rotatable bonds is 51. The standard InChI is InChI=1S/C58H86N4O19/c1-69-21-22-71-25-26-73-29-30-75-33-34-77-37-38-79-41-42-80-40-39-78-36-35-76-32-31-74-28-27-72-24-23-70-20-18-54(63)59-19-10-9-17-52(56(65)60-44-55(64)61-53(57(66)67)43-46-11-3-2-4-12-46)62-58(68)81-45-51-49-15-7-5-13-47(49)48-14-6-8-16-50(48)51/h2-8,11-16,51-53H,9-10,17-45H2,1H3,(H,59,63)(H,60,65)(H,61,64)(H,62,68)(H,66,67). The SMILES string of the molecule is COCCOCCOCCOCCOCCOCCOCCOCCOCCOCCOCCOCCC(=O)NCCCCC(NC(=O)OCC1c2ccccc2-c2ccccc21)C(=O)NCC(=O)NC(Cc1ccccc1)C(=O)O. The summed E-state index contributed by atoms with van der Waals surface area (Å²) in [7, 11) is 1.64. The lowest BCUT2D eigenvalue weighted by Gasteiger charge is -2.20. The van der Waals surface area contributed by atoms with Crippen LogP contribution in [-0.2, 0) is 87.2 Å². The summed E-state index contributed by atoms with van der Waals surface area (Å²) in [5, 5.41) is 20.2. The Kier molecular flexibility index (Phi) is 37.6. The van der Waals surface area contributed by atoms with Gasteiger partial charge in [0.15, 0.2) is 0 Å². The van der Waals surface area contributed by atoms with E-state index in [9.17, 15) is 29.1 Å². The van der Waals surface area contributed by atoms with E-state index in [-0.39, 0.29) is 44.3 Å². The molecule has 0 heterocycles. The Morgan fingerprint density at radius 1 is 0.469 bits per heavy atom. The van der Waals surface area contributed by atoms with Gasteiger partial charge in [0.05, 0.1) is 159 Å². The molecule has 23 nitrogen and oxygen atoms in total. The number of carboxylic acids is 1. The number of nitrogens with one attached hydrogen (secondary N) is 4. The maximum absolute atomic E-state index is 13.5. The fourth-order valence-corrected chi connectivity index (χ4v) is 8.03. The van der Waals surface area contributed by atoms with E-state index in [4.69, 9.17) is 61.6 Å². The van der Waals surface area contributed by atoms with Crippen molar-refractivity contribution in [3.05, 3.63) is 95.6 Å². The third-order valence-electron chi connectivity index (χ3n) is 12.2. The molecule has 4 amide bonds. The Balaban J connectivity index is 0.949. The van der Waals surface area contributed by atoms with Gasteiger partial charge in [0.1, 0.15) is 18.7 Å². The first kappa shape index (κ1) is 67.8. The van der Waals surface area contributed by atoms with E-state index >= 15 is 0 Å². The maximum atomic E-state index is 13.5. The molecule has 2 unspecified atom stereocenters. The normalized spacial score (nSPS) is 12.6. The van der Waals surface area contributed by atoms with E-state index in [1.807, 2.05) is 48.5 Å². The number of alkyl carbamates (subject to hydrolysis) is 1. The fraction of sp³-hybridized carbons (Fsp3) is 0.603. The predicted molar refractivity (Wildman–Crippen MR) is 297 cm³/mol. The molecule has 81 heavy (non-hydrogen) atoms. The highest BCUT2D eigenvalue weighted by Crippen LogP contribution is 2.44. The average Bonchev–Trinajstić information content (AvgIpc) is 4.08. The summed E-state index contributed by atoms with van der Waals surface area (Å²) >= 11 is 0. The van der Waals surface area contributed by atoms with Crippen LogP contribution in [-0.4, -0.2) is 226 Å². The highest BCUT2D eigenvalue weighted by atomic mass is 16.6. The molecule has 0 fully saturated rings. The topological polar surface area (TPSA) is 274 Å². The van der Waals surface area contributed by atoms with Crippen molar-refractivity contribution in [3.8, 4) is 11.1 Å². The van der Waals surface area contributed by atoms with Crippen LogP contribution in [0.3, 0.4) is 0 Å². The predicted octanol–water partition coefficient (Wildman–Crippen LogP) is 3.33. The van der Waals surface area contributed by atoms with Crippen molar-refractivity contribution in [2.75, 3.05) is 179 Å². The summed E-state index contributed by atoms with van der Waals surface area (Å²) in [6, 6.07) is 22.4. The van der Waals surface area contributed by atoms with E-state index < -0.39 is 42.5 Å². The van der Waals surface area contributed by atoms with Gasteiger partial charge in [-0.1, -0.05) is 78.9 Å². The summed E-state index contributed by atoms with van der Waals surface area (Å²) in [6.45, 7) is 10.2. The van der Waals surface area contributed by atoms with Gasteiger partial charge in [0.25, 0.3) is 0 Å². The van der Waals surface area contributed by atoms with Crippen molar-refractivity contribution in [3.63, 3.8) is 0 Å². The van der Waals surface area contributed by atoms with Crippen LogP contribution >= 0.6 is 0 Å². The average molecular weight is 1140 g/mol. The van der Waals surface area contributed by atoms with Crippen LogP contribution in [0.1, 0.15) is 48.3 Å². The number of benzene rings is 3. The van der Waals surface area contributed by atoms with Gasteiger partial charge in [-0.05, 0) is 47.1 Å². The molecule has 3 aromatic carbocycles. The van der Waals surface area contributed by atoms with Crippen molar-refractivity contribution in [1.82, 2.24) is 21.3 Å². The van der Waals surface area contributed by atoms with E-state index in [1.54, 1.807) is 37.4 Å². The number of carbonyl (C=O) groups excluding carboxylic acids is 4. The summed E-state index contributed by atoms with van der Waals surface area (Å²) in [4.78, 5) is 64.0. The largest absolute Gasteiger partial charge is 0.480 e. The molecule has 0 bridgehead atoms. The van der Waals surface area contributed by atoms with Crippen molar-refractivity contribution >= 4 is 29.8 Å². The molecule has 0 radical (unpaired) electrons. The monoisotopic (exact) mass is 1140 g/mol. The molecule has 452 valence electrons. The van der Waals surface area contributed by atoms with E-state index in [2.05, 4.69) is 21.3 Å². The lowest BCUT2D eigenvalue weighted by molar-refractivity contribution is -0.141. The van der Waals surface area contributed by atoms with E-state index in [0.29, 0.717) is 165 Å². The van der Waals surface area contributed by atoms with Gasteiger partial charge in [0, 0.05) is 32.4 Å². The van der Waals surface area contributed by atoms with Crippen LogP contribution in [0.4, 0.5) is 4.79 Å². The Hall–Kier alpha value is -5.67. The number of aliphatic carboxylic acids is 1. The summed E-state index contributed by atoms with van der Waals surface area (Å²) in [5.74, 6) is -2.99. The zero-order chi connectivity index (χ0) is 57.6. The molecule has 1 aliphatic rings. The van der Waals surface area contributed by atoms with Gasteiger partial charge < -0.3 is 88.0 Å². The molecule has 23 heteroatoms. The van der Waals surface area contributed by atoms with Crippen LogP contribution in [0.5, 0.6) is 0 Å². The number of unbranched alkanes of at least 4 members (excludes halogenated alkanes) is 1. The third kappa shape index (κ3) is 31.4. The van der Waals surface area contributed by atoms with Gasteiger partial charge in [-0.2, -0.15) is 0 Å². The molecule has 0 saturated heterocycles. The molecule has 2 atom stereocenters. The molecule has 4 rings (SSSR count). The Morgan fingerprint density at radius 3 is 1.33 bits per heavy atom. The minimum atomic E-state index is -1.22. The third-order valence-corrected chi connectivity index (χ3v) is 12.2. The quantitative estimate of drug-likeness (QED) is 0.0507. The minimum Gasteiger partial charge on any atom is -0.480 e. The minimum absolute atomic E-state index is 0.0305. The second-order valence-corrected chi connectivity index (χ2v) is 18.2. The highest BCUT2D eigenvalue weighted by molar-refractivity contribution is 5.91. The smallest absolute Gasteiger partial charge is 0.407 e. The van der Waals surface area contributed by atoms with Crippen LogP contribution in [0, 0.1) is 0 Å². The van der Waals surface area contributed by atoms with Crippen molar-refractivity contribution in [2.45, 2.75) is 50.1 Å². The fourth-order valence-electron chi connectivity index (χ4n) is 8.03. The zero-order valence-corrected chi connectivity index (χ0v) is 47.0. The molecule has 0 aliphatic heterocycles. The van der Waals surface area contributed by atoms with Gasteiger partial charge in [-0.15, -0.1) is 0 Å². The van der Waals surface area contributed by atoms with E-state index in [0.717, 1.165) is 27.8 Å². The van der Waals surface area contributed by atoms with Gasteiger partial charge >= 0.3 is 12.1 Å². The number of carbonyl (C=O) groups is 5. The molecular formula is C58H86N4O19. The lowest BCUT2D eigenvalue weighted by Crippen LogP contribution is -2.51. The van der Waals surface area contributed by atoms with Gasteiger partial charge in [-0.3, -0.25) is 14.4 Å². The Morgan fingerprint density at radius 2 is 0.889 bits per heavy atom.